The molecule has 0 aliphatic heterocycles. The molecule has 178 valence electrons. The van der Waals surface area contributed by atoms with Gasteiger partial charge >= 0.3 is 12.0 Å². The first-order chi connectivity index (χ1) is 16.1. The number of hydrogen-bond acceptors (Lipinski definition) is 5. The maximum Gasteiger partial charge on any atom is 0.337 e. The Balaban J connectivity index is 1.65. The zero-order valence-electron chi connectivity index (χ0n) is 20.0. The summed E-state index contributed by atoms with van der Waals surface area (Å²) in [6.07, 6.45) is -0.370. The lowest BCUT2D eigenvalue weighted by Crippen LogP contribution is -2.45. The molecule has 2 aromatic carbocycles. The van der Waals surface area contributed by atoms with Crippen LogP contribution in [0.25, 0.3) is 5.69 Å². The summed E-state index contributed by atoms with van der Waals surface area (Å²) in [7, 11) is 1.32. The average Bonchev–Trinajstić information content (AvgIpc) is 3.09. The number of nitrogens with zero attached hydrogens (tertiary/aromatic N) is 2. The van der Waals surface area contributed by atoms with E-state index in [1.165, 1.54) is 7.11 Å². The molecule has 1 aliphatic carbocycles. The molecule has 2 amide bonds. The van der Waals surface area contributed by atoms with E-state index in [1.807, 2.05) is 64.1 Å². The Bertz CT molecular complexity index is 1230. The highest BCUT2D eigenvalue weighted by Gasteiger charge is 2.39. The minimum atomic E-state index is -0.831. The zero-order valence-corrected chi connectivity index (χ0v) is 20.0. The number of rotatable bonds is 4. The van der Waals surface area contributed by atoms with Gasteiger partial charge in [0.2, 0.25) is 0 Å². The molecule has 8 heteroatoms. The number of amides is 2. The maximum absolute atomic E-state index is 13.2. The number of aryl methyl sites for hydroxylation is 1. The second-order valence-corrected chi connectivity index (χ2v) is 9.33. The van der Waals surface area contributed by atoms with E-state index in [0.29, 0.717) is 23.4 Å². The second-order valence-electron chi connectivity index (χ2n) is 9.33. The number of anilines is 1. The number of nitrogens with one attached hydrogen (secondary N) is 2. The van der Waals surface area contributed by atoms with E-state index >= 15 is 0 Å². The number of aliphatic hydroxyl groups is 1. The molecule has 1 unspecified atom stereocenters. The molecule has 0 fully saturated rings. The van der Waals surface area contributed by atoms with Gasteiger partial charge in [-0.3, -0.25) is 5.32 Å². The fourth-order valence-corrected chi connectivity index (χ4v) is 4.61. The molecule has 2 atom stereocenters. The van der Waals surface area contributed by atoms with Gasteiger partial charge in [0.05, 0.1) is 36.2 Å². The van der Waals surface area contributed by atoms with E-state index in [-0.39, 0.29) is 5.41 Å². The van der Waals surface area contributed by atoms with Crippen molar-refractivity contribution < 1.29 is 19.4 Å². The molecule has 1 aliphatic rings. The van der Waals surface area contributed by atoms with Crippen LogP contribution >= 0.6 is 0 Å². The summed E-state index contributed by atoms with van der Waals surface area (Å²) < 4.78 is 6.55. The zero-order chi connectivity index (χ0) is 24.6. The lowest BCUT2D eigenvalue weighted by Gasteiger charge is -2.40. The van der Waals surface area contributed by atoms with Crippen molar-refractivity contribution in [2.75, 3.05) is 12.4 Å². The van der Waals surface area contributed by atoms with Crippen LogP contribution in [0, 0.1) is 13.8 Å². The predicted molar refractivity (Wildman–Crippen MR) is 129 cm³/mol. The molecule has 0 bridgehead atoms. The number of ether oxygens (including phenoxy) is 1. The van der Waals surface area contributed by atoms with Gasteiger partial charge in [-0.1, -0.05) is 38.1 Å². The van der Waals surface area contributed by atoms with Crippen LogP contribution in [-0.2, 0) is 10.2 Å². The number of aliphatic hydroxyl groups excluding tert-OH is 1. The summed E-state index contributed by atoms with van der Waals surface area (Å²) in [5.41, 5.74) is 4.18. The number of fused-ring (bicyclic) bond motifs is 1. The van der Waals surface area contributed by atoms with E-state index in [4.69, 9.17) is 4.74 Å². The monoisotopic (exact) mass is 462 g/mol. The van der Waals surface area contributed by atoms with Crippen LogP contribution in [0.1, 0.15) is 59.1 Å². The Hall–Kier alpha value is -3.65. The van der Waals surface area contributed by atoms with Crippen LogP contribution in [0.2, 0.25) is 0 Å². The molecule has 1 aromatic heterocycles. The number of aromatic nitrogens is 2. The van der Waals surface area contributed by atoms with Gasteiger partial charge in [0, 0.05) is 5.56 Å². The number of esters is 1. The van der Waals surface area contributed by atoms with Gasteiger partial charge in [-0.25, -0.2) is 14.3 Å². The van der Waals surface area contributed by atoms with E-state index in [2.05, 4.69) is 15.7 Å². The Morgan fingerprint density at radius 1 is 1.15 bits per heavy atom. The number of urea groups is 1. The molecule has 0 saturated heterocycles. The highest BCUT2D eigenvalue weighted by molar-refractivity contribution is 5.91. The molecule has 0 radical (unpaired) electrons. The third kappa shape index (κ3) is 4.28. The first-order valence-corrected chi connectivity index (χ1v) is 11.2. The van der Waals surface area contributed by atoms with E-state index < -0.39 is 24.1 Å². The van der Waals surface area contributed by atoms with Crippen LogP contribution in [0.5, 0.6) is 0 Å². The summed E-state index contributed by atoms with van der Waals surface area (Å²) in [6.45, 7) is 7.85. The number of para-hydroxylation sites is 1. The Kier molecular flexibility index (Phi) is 6.18. The van der Waals surface area contributed by atoms with Crippen molar-refractivity contribution in [3.05, 3.63) is 76.5 Å². The molecule has 3 aromatic rings. The second kappa shape index (κ2) is 8.95. The number of carbonyl (C=O) groups excluding carboxylic acids is 2. The van der Waals surface area contributed by atoms with Crippen molar-refractivity contribution in [2.24, 2.45) is 0 Å². The summed E-state index contributed by atoms with van der Waals surface area (Å²) in [4.78, 5) is 25.3. The van der Waals surface area contributed by atoms with Gasteiger partial charge in [-0.2, -0.15) is 5.10 Å². The minimum Gasteiger partial charge on any atom is -0.465 e. The van der Waals surface area contributed by atoms with Crippen LogP contribution in [-0.4, -0.2) is 40.1 Å². The number of hydrogen-bond donors (Lipinski definition) is 3. The summed E-state index contributed by atoms with van der Waals surface area (Å²) >= 11 is 0. The quantitative estimate of drug-likeness (QED) is 0.505. The van der Waals surface area contributed by atoms with Crippen LogP contribution in [0.15, 0.2) is 48.5 Å². The maximum atomic E-state index is 13.2. The van der Waals surface area contributed by atoms with Crippen molar-refractivity contribution >= 4 is 17.8 Å². The SMILES string of the molecule is COC(=O)c1ccc2c(c1)C(NC(=O)Nc1c(C)c(C)nn1-c1ccccc1)[C@H](O)CC2(C)C. The average molecular weight is 463 g/mol. The topological polar surface area (TPSA) is 105 Å². The summed E-state index contributed by atoms with van der Waals surface area (Å²) in [5.74, 6) is 0.0806. The van der Waals surface area contributed by atoms with Crippen LogP contribution in [0.3, 0.4) is 0 Å². The molecule has 3 N–H and O–H groups in total. The van der Waals surface area contributed by atoms with Crippen molar-refractivity contribution in [3.8, 4) is 5.69 Å². The standard InChI is InChI=1S/C26H30N4O4/c1-15-16(2)29-30(18-9-7-6-8-10-18)23(15)28-25(33)27-22-19-13-17(24(32)34-5)11-12-20(19)26(3,4)14-21(22)31/h6-13,21-22,31H,14H2,1-5H3,(H2,27,28,33)/t21-,22?/m1/s1. The Morgan fingerprint density at radius 2 is 1.85 bits per heavy atom. The van der Waals surface area contributed by atoms with Crippen molar-refractivity contribution in [1.82, 2.24) is 15.1 Å². The normalized spacial score (nSPS) is 18.6. The van der Waals surface area contributed by atoms with E-state index in [0.717, 1.165) is 22.5 Å². The smallest absolute Gasteiger partial charge is 0.337 e. The lowest BCUT2D eigenvalue weighted by molar-refractivity contribution is 0.0598. The highest BCUT2D eigenvalue weighted by Crippen LogP contribution is 2.42. The minimum absolute atomic E-state index is 0.322. The molecule has 0 spiro atoms. The summed E-state index contributed by atoms with van der Waals surface area (Å²) in [6, 6.07) is 13.7. The van der Waals surface area contributed by atoms with E-state index in [1.54, 1.807) is 16.8 Å². The number of methoxy groups -OCH3 is 1. The van der Waals surface area contributed by atoms with Gasteiger partial charge in [-0.15, -0.1) is 0 Å². The highest BCUT2D eigenvalue weighted by atomic mass is 16.5. The third-order valence-electron chi connectivity index (χ3n) is 6.52. The van der Waals surface area contributed by atoms with Gasteiger partial charge in [0.25, 0.3) is 0 Å². The van der Waals surface area contributed by atoms with Crippen molar-refractivity contribution in [1.29, 1.82) is 0 Å². The molecular weight excluding hydrogens is 432 g/mol. The Morgan fingerprint density at radius 3 is 2.53 bits per heavy atom. The van der Waals surface area contributed by atoms with E-state index in [9.17, 15) is 14.7 Å². The third-order valence-corrected chi connectivity index (χ3v) is 6.52. The molecule has 4 rings (SSSR count). The van der Waals surface area contributed by atoms with Crippen molar-refractivity contribution in [2.45, 2.75) is 51.7 Å². The number of benzene rings is 2. The van der Waals surface area contributed by atoms with Gasteiger partial charge in [-0.05, 0) is 61.1 Å². The molecule has 0 saturated carbocycles. The molecule has 8 nitrogen and oxygen atoms in total. The van der Waals surface area contributed by atoms with Crippen LogP contribution in [0.4, 0.5) is 10.6 Å². The molecule has 34 heavy (non-hydrogen) atoms. The molecular formula is C26H30N4O4. The fourth-order valence-electron chi connectivity index (χ4n) is 4.61. The lowest BCUT2D eigenvalue weighted by atomic mass is 9.69. The predicted octanol–water partition coefficient (Wildman–Crippen LogP) is 4.18. The number of carbonyl (C=O) groups is 2. The fraction of sp³-hybridized carbons (Fsp3) is 0.346. The largest absolute Gasteiger partial charge is 0.465 e. The van der Waals surface area contributed by atoms with Gasteiger partial charge in [0.15, 0.2) is 0 Å². The Labute approximate surface area is 198 Å². The van der Waals surface area contributed by atoms with Gasteiger partial charge < -0.3 is 15.2 Å². The van der Waals surface area contributed by atoms with Crippen molar-refractivity contribution in [3.63, 3.8) is 0 Å². The first kappa shape index (κ1) is 23.5. The van der Waals surface area contributed by atoms with Crippen LogP contribution < -0.4 is 10.6 Å². The molecule has 1 heterocycles. The summed E-state index contributed by atoms with van der Waals surface area (Å²) in [5, 5.41) is 21.4. The van der Waals surface area contributed by atoms with Gasteiger partial charge in [0.1, 0.15) is 5.82 Å². The first-order valence-electron chi connectivity index (χ1n) is 11.2.